The molecule has 1 aromatic carbocycles. The predicted octanol–water partition coefficient (Wildman–Crippen LogP) is 2.16. The Kier molecular flexibility index (Phi) is 4.61. The van der Waals surface area contributed by atoms with Crippen LogP contribution in [-0.2, 0) is 14.8 Å². The minimum atomic E-state index is -4.94. The van der Waals surface area contributed by atoms with Crippen molar-refractivity contribution in [1.29, 1.82) is 0 Å². The van der Waals surface area contributed by atoms with Crippen LogP contribution in [0.3, 0.4) is 0 Å². The van der Waals surface area contributed by atoms with Gasteiger partial charge in [-0.1, -0.05) is 0 Å². The highest BCUT2D eigenvalue weighted by Crippen LogP contribution is 2.40. The van der Waals surface area contributed by atoms with E-state index in [1.165, 1.54) is 6.92 Å². The molecule has 1 N–H and O–H groups in total. The third-order valence-corrected chi connectivity index (χ3v) is 5.70. The van der Waals surface area contributed by atoms with Crippen molar-refractivity contribution in [3.63, 3.8) is 0 Å². The van der Waals surface area contributed by atoms with Crippen molar-refractivity contribution in [3.8, 4) is 0 Å². The van der Waals surface area contributed by atoms with Gasteiger partial charge in [-0.05, 0) is 24.6 Å². The molecule has 0 amide bonds. The van der Waals surface area contributed by atoms with Crippen molar-refractivity contribution < 1.29 is 40.3 Å². The van der Waals surface area contributed by atoms with Gasteiger partial charge in [-0.15, -0.1) is 0 Å². The molecule has 0 radical (unpaired) electrons. The highest BCUT2D eigenvalue weighted by molar-refractivity contribution is 7.89. The number of rotatable bonds is 3. The van der Waals surface area contributed by atoms with Crippen LogP contribution in [0.1, 0.15) is 5.56 Å². The Labute approximate surface area is 133 Å². The van der Waals surface area contributed by atoms with Gasteiger partial charge in [-0.25, -0.2) is 17.2 Å². The summed E-state index contributed by atoms with van der Waals surface area (Å²) in [5, 5.41) is 8.88. The maximum absolute atomic E-state index is 13.9. The summed E-state index contributed by atoms with van der Waals surface area (Å²) >= 11 is 0. The molecular formula is C13H12F5NO4S. The van der Waals surface area contributed by atoms with Gasteiger partial charge in [0.05, 0.1) is 11.8 Å². The summed E-state index contributed by atoms with van der Waals surface area (Å²) < 4.78 is 91.0. The second kappa shape index (κ2) is 5.96. The topological polar surface area (TPSA) is 74.7 Å². The lowest BCUT2D eigenvalue weighted by molar-refractivity contribution is -0.187. The van der Waals surface area contributed by atoms with E-state index in [0.29, 0.717) is 12.1 Å². The molecule has 2 rings (SSSR count). The quantitative estimate of drug-likeness (QED) is 0.824. The molecule has 1 heterocycles. The van der Waals surface area contributed by atoms with E-state index < -0.39 is 63.6 Å². The van der Waals surface area contributed by atoms with Crippen molar-refractivity contribution in [3.05, 3.63) is 29.3 Å². The standard InChI is InChI=1S/C13H12F5NO4S/c1-6-2-10(15)11(3-9(6)14)24(22,23)19-4-7(12(20)21)8(5-19)13(16,17)18/h2-3,7-8H,4-5H2,1H3,(H,20,21)/t7-,8-/m1/s1. The SMILES string of the molecule is Cc1cc(F)c(S(=O)(=O)N2C[C@@H](C(F)(F)F)[C@H](C(=O)O)C2)cc1F. The maximum atomic E-state index is 13.9. The van der Waals surface area contributed by atoms with Gasteiger partial charge in [-0.3, -0.25) is 4.79 Å². The summed E-state index contributed by atoms with van der Waals surface area (Å²) in [6.07, 6.45) is -4.94. The molecule has 1 saturated heterocycles. The first kappa shape index (κ1) is 18.6. The number of aliphatic carboxylic acids is 1. The van der Waals surface area contributed by atoms with Crippen molar-refractivity contribution in [1.82, 2.24) is 4.31 Å². The zero-order valence-corrected chi connectivity index (χ0v) is 13.0. The number of carbonyl (C=O) groups is 1. The normalized spacial score (nSPS) is 22.8. The van der Waals surface area contributed by atoms with E-state index >= 15 is 0 Å². The fraction of sp³-hybridized carbons (Fsp3) is 0.462. The van der Waals surface area contributed by atoms with Crippen molar-refractivity contribution in [2.75, 3.05) is 13.1 Å². The summed E-state index contributed by atoms with van der Waals surface area (Å²) in [6, 6.07) is 0.977. The van der Waals surface area contributed by atoms with E-state index in [1.54, 1.807) is 0 Å². The average Bonchev–Trinajstić information content (AvgIpc) is 2.88. The number of halogens is 5. The first-order chi connectivity index (χ1) is 10.9. The molecule has 0 saturated carbocycles. The molecule has 1 aliphatic rings. The van der Waals surface area contributed by atoms with Gasteiger partial charge in [0.1, 0.15) is 16.5 Å². The maximum Gasteiger partial charge on any atom is 0.393 e. The number of hydrogen-bond acceptors (Lipinski definition) is 3. The number of sulfonamides is 1. The lowest BCUT2D eigenvalue weighted by Gasteiger charge is -2.18. The summed E-state index contributed by atoms with van der Waals surface area (Å²) in [6.45, 7) is -0.959. The zero-order chi connectivity index (χ0) is 18.4. The molecule has 0 aromatic heterocycles. The molecule has 0 unspecified atom stereocenters. The van der Waals surface area contributed by atoms with Crippen LogP contribution in [0, 0.1) is 30.4 Å². The number of alkyl halides is 3. The second-order valence-electron chi connectivity index (χ2n) is 5.45. The van der Waals surface area contributed by atoms with Crippen LogP contribution in [0.25, 0.3) is 0 Å². The Morgan fingerprint density at radius 1 is 1.21 bits per heavy atom. The van der Waals surface area contributed by atoms with Crippen molar-refractivity contribution >= 4 is 16.0 Å². The van der Waals surface area contributed by atoms with Gasteiger partial charge in [0.2, 0.25) is 10.0 Å². The molecule has 1 aromatic rings. The number of carboxylic acid groups (broad SMARTS) is 1. The summed E-state index contributed by atoms with van der Waals surface area (Å²) in [5.41, 5.74) is -0.176. The number of benzene rings is 1. The highest BCUT2D eigenvalue weighted by atomic mass is 32.2. The van der Waals surface area contributed by atoms with Crippen LogP contribution in [0.2, 0.25) is 0 Å². The lowest BCUT2D eigenvalue weighted by atomic mass is 9.96. The second-order valence-corrected chi connectivity index (χ2v) is 7.35. The predicted molar refractivity (Wildman–Crippen MR) is 70.5 cm³/mol. The number of nitrogens with zero attached hydrogens (tertiary/aromatic N) is 1. The van der Waals surface area contributed by atoms with Crippen LogP contribution in [-0.4, -0.2) is 43.1 Å². The summed E-state index contributed by atoms with van der Waals surface area (Å²) in [5.74, 6) is -8.63. The van der Waals surface area contributed by atoms with E-state index in [2.05, 4.69) is 0 Å². The molecule has 2 atom stereocenters. The molecular weight excluding hydrogens is 361 g/mol. The Hall–Kier alpha value is -1.75. The summed E-state index contributed by atoms with van der Waals surface area (Å²) in [7, 11) is -4.81. The summed E-state index contributed by atoms with van der Waals surface area (Å²) in [4.78, 5) is 9.85. The first-order valence-corrected chi connectivity index (χ1v) is 8.05. The third kappa shape index (κ3) is 3.22. The molecule has 0 bridgehead atoms. The van der Waals surface area contributed by atoms with Crippen LogP contribution in [0.15, 0.2) is 17.0 Å². The number of aryl methyl sites for hydroxylation is 1. The molecule has 24 heavy (non-hydrogen) atoms. The molecule has 1 aliphatic heterocycles. The van der Waals surface area contributed by atoms with Crippen LogP contribution in [0.4, 0.5) is 22.0 Å². The smallest absolute Gasteiger partial charge is 0.393 e. The Balaban J connectivity index is 2.45. The van der Waals surface area contributed by atoms with Gasteiger partial charge in [0.25, 0.3) is 0 Å². The van der Waals surface area contributed by atoms with E-state index in [9.17, 15) is 35.2 Å². The average molecular weight is 373 g/mol. The fourth-order valence-electron chi connectivity index (χ4n) is 2.51. The molecule has 0 aliphatic carbocycles. The van der Waals surface area contributed by atoms with E-state index in [0.717, 1.165) is 0 Å². The highest BCUT2D eigenvalue weighted by Gasteiger charge is 2.55. The van der Waals surface area contributed by atoms with Crippen LogP contribution < -0.4 is 0 Å². The number of hydrogen-bond donors (Lipinski definition) is 1. The minimum Gasteiger partial charge on any atom is -0.481 e. The monoisotopic (exact) mass is 373 g/mol. The van der Waals surface area contributed by atoms with Gasteiger partial charge in [-0.2, -0.15) is 17.5 Å². The molecule has 0 spiro atoms. The van der Waals surface area contributed by atoms with E-state index in [-0.39, 0.29) is 9.87 Å². The largest absolute Gasteiger partial charge is 0.481 e. The van der Waals surface area contributed by atoms with Gasteiger partial charge in [0, 0.05) is 13.1 Å². The fourth-order valence-corrected chi connectivity index (χ4v) is 4.06. The van der Waals surface area contributed by atoms with Crippen LogP contribution in [0.5, 0.6) is 0 Å². The Bertz CT molecular complexity index is 777. The van der Waals surface area contributed by atoms with Gasteiger partial charge >= 0.3 is 12.1 Å². The van der Waals surface area contributed by atoms with E-state index in [4.69, 9.17) is 5.11 Å². The Morgan fingerprint density at radius 3 is 2.25 bits per heavy atom. The molecule has 5 nitrogen and oxygen atoms in total. The zero-order valence-electron chi connectivity index (χ0n) is 12.1. The van der Waals surface area contributed by atoms with Crippen molar-refractivity contribution in [2.45, 2.75) is 18.0 Å². The first-order valence-electron chi connectivity index (χ1n) is 6.61. The lowest BCUT2D eigenvalue weighted by Crippen LogP contribution is -2.34. The van der Waals surface area contributed by atoms with E-state index in [1.807, 2.05) is 0 Å². The third-order valence-electron chi connectivity index (χ3n) is 3.85. The molecule has 11 heteroatoms. The number of carboxylic acids is 1. The van der Waals surface area contributed by atoms with Crippen molar-refractivity contribution in [2.24, 2.45) is 11.8 Å². The van der Waals surface area contributed by atoms with Crippen LogP contribution >= 0.6 is 0 Å². The van der Waals surface area contributed by atoms with Gasteiger partial charge < -0.3 is 5.11 Å². The Morgan fingerprint density at radius 2 is 1.79 bits per heavy atom. The minimum absolute atomic E-state index is 0.176. The molecule has 1 fully saturated rings. The molecule has 134 valence electrons. The van der Waals surface area contributed by atoms with Gasteiger partial charge in [0.15, 0.2) is 0 Å².